The number of benzene rings is 2. The highest BCUT2D eigenvalue weighted by Crippen LogP contribution is 2.32. The summed E-state index contributed by atoms with van der Waals surface area (Å²) in [5.41, 5.74) is 11.3. The molecule has 0 spiro atoms. The van der Waals surface area contributed by atoms with Gasteiger partial charge in [-0.2, -0.15) is 17.6 Å². The highest BCUT2D eigenvalue weighted by molar-refractivity contribution is 5.97. The number of carbonyl (C=O) groups excluding carboxylic acids is 2. The number of hydrogen-bond donors (Lipinski definition) is 6. The molecule has 3 rings (SSSR count). The second kappa shape index (κ2) is 17.0. The second-order valence-electron chi connectivity index (χ2n) is 8.64. The van der Waals surface area contributed by atoms with Gasteiger partial charge in [-0.1, -0.05) is 6.07 Å². The number of nitrogens with one attached hydrogen (secondary N) is 4. The van der Waals surface area contributed by atoms with Crippen LogP contribution < -0.4 is 31.4 Å². The van der Waals surface area contributed by atoms with Crippen LogP contribution in [-0.4, -0.2) is 66.8 Å². The molecule has 45 heavy (non-hydrogen) atoms. The molecule has 1 atom stereocenters. The first-order valence-electron chi connectivity index (χ1n) is 12.9. The van der Waals surface area contributed by atoms with Crippen molar-refractivity contribution in [1.29, 1.82) is 5.41 Å². The van der Waals surface area contributed by atoms with E-state index in [4.69, 9.17) is 35.3 Å². The van der Waals surface area contributed by atoms with Gasteiger partial charge in [-0.05, 0) is 61.0 Å². The summed E-state index contributed by atoms with van der Waals surface area (Å²) in [6, 6.07) is 13.2. The third-order valence-corrected chi connectivity index (χ3v) is 5.46. The van der Waals surface area contributed by atoms with E-state index in [1.54, 1.807) is 49.6 Å². The molecule has 0 aliphatic heterocycles. The molecule has 3 aromatic rings. The lowest BCUT2D eigenvalue weighted by molar-refractivity contribution is -0.192. The van der Waals surface area contributed by atoms with Crippen LogP contribution in [0.4, 0.5) is 23.2 Å². The fraction of sp³-hybridized carbons (Fsp3) is 0.250. The molecule has 0 aliphatic rings. The van der Waals surface area contributed by atoms with Crippen molar-refractivity contribution in [2.45, 2.75) is 19.1 Å². The number of nitrogens with two attached hydrogens (primary N) is 1. The van der Waals surface area contributed by atoms with Crippen molar-refractivity contribution in [2.24, 2.45) is 5.73 Å². The van der Waals surface area contributed by atoms with Crippen molar-refractivity contribution >= 4 is 29.3 Å². The summed E-state index contributed by atoms with van der Waals surface area (Å²) in [5.74, 6) is -4.45. The average molecular weight is 639 g/mol. The molecule has 7 N–H and O–H groups in total. The van der Waals surface area contributed by atoms with E-state index in [9.17, 15) is 27.2 Å². The summed E-state index contributed by atoms with van der Waals surface area (Å²) < 4.78 is 62.1. The fourth-order valence-corrected chi connectivity index (χ4v) is 3.35. The Hall–Kier alpha value is -5.45. The Kier molecular flexibility index (Phi) is 13.5. The number of ether oxygens (including phenoxy) is 3. The van der Waals surface area contributed by atoms with Crippen LogP contribution in [0, 0.1) is 11.4 Å². The van der Waals surface area contributed by atoms with Crippen molar-refractivity contribution in [2.75, 3.05) is 32.2 Å². The molecular weight excluding hydrogens is 608 g/mol. The molecular formula is C28H30F4N6O7. The Morgan fingerprint density at radius 2 is 1.69 bits per heavy atom. The average Bonchev–Trinajstić information content (AvgIpc) is 2.99. The molecule has 2 aromatic carbocycles. The molecule has 0 saturated heterocycles. The third-order valence-electron chi connectivity index (χ3n) is 5.46. The standard InChI is InChI=1S/C26H29FN6O5.C2HF3O2/c1-3-37-21-15-17(8-11-20(21)38-14-13-36-2)22(31-18-9-6-16(7-10-18)24(28)29)26(35)33-32-25(34)19-5-4-12-30-23(19)27;3-2(4,5)1(6)7/h4-12,15,22,31H,3,13-14H2,1-2H3,(H3,28,29)(H,32,34)(H,33,35);(H,6,7). The molecule has 242 valence electrons. The molecule has 0 radical (unpaired) electrons. The largest absolute Gasteiger partial charge is 0.490 e. The molecule has 1 heterocycles. The zero-order chi connectivity index (χ0) is 33.6. The monoisotopic (exact) mass is 638 g/mol. The van der Waals surface area contributed by atoms with Gasteiger partial charge in [0.15, 0.2) is 11.5 Å². The van der Waals surface area contributed by atoms with Crippen LogP contribution in [0.15, 0.2) is 60.8 Å². The minimum atomic E-state index is -5.08. The number of anilines is 1. The molecule has 0 bridgehead atoms. The Morgan fingerprint density at radius 1 is 1.02 bits per heavy atom. The number of hydrogen-bond acceptors (Lipinski definition) is 9. The van der Waals surface area contributed by atoms with Gasteiger partial charge in [0.25, 0.3) is 11.8 Å². The quantitative estimate of drug-likeness (QED) is 0.0428. The molecule has 1 unspecified atom stereocenters. The minimum Gasteiger partial charge on any atom is -0.490 e. The van der Waals surface area contributed by atoms with Gasteiger partial charge in [0.05, 0.1) is 18.8 Å². The van der Waals surface area contributed by atoms with E-state index < -0.39 is 35.9 Å². The topological polar surface area (TPSA) is 198 Å². The zero-order valence-electron chi connectivity index (χ0n) is 23.9. The fourth-order valence-electron chi connectivity index (χ4n) is 3.35. The maximum Gasteiger partial charge on any atom is 0.490 e. The number of nitrogens with zero attached hydrogens (tertiary/aromatic N) is 1. The minimum absolute atomic E-state index is 0.0957. The van der Waals surface area contributed by atoms with E-state index in [2.05, 4.69) is 21.2 Å². The lowest BCUT2D eigenvalue weighted by atomic mass is 10.0. The van der Waals surface area contributed by atoms with Crippen LogP contribution in [0.1, 0.15) is 34.5 Å². The van der Waals surface area contributed by atoms with Crippen molar-refractivity contribution in [3.05, 3.63) is 83.4 Å². The summed E-state index contributed by atoms with van der Waals surface area (Å²) >= 11 is 0. The van der Waals surface area contributed by atoms with Gasteiger partial charge in [0.2, 0.25) is 5.95 Å². The highest BCUT2D eigenvalue weighted by Gasteiger charge is 2.38. The number of rotatable bonds is 12. The zero-order valence-corrected chi connectivity index (χ0v) is 23.9. The lowest BCUT2D eigenvalue weighted by Gasteiger charge is -2.22. The number of nitrogen functional groups attached to an aromatic ring is 1. The number of amidine groups is 1. The van der Waals surface area contributed by atoms with E-state index in [0.717, 1.165) is 0 Å². The number of carboxylic acids is 1. The molecule has 0 aliphatic carbocycles. The Labute approximate surface area is 254 Å². The normalized spacial score (nSPS) is 11.2. The Bertz CT molecular complexity index is 1470. The van der Waals surface area contributed by atoms with Crippen LogP contribution in [-0.2, 0) is 14.3 Å². The predicted molar refractivity (Wildman–Crippen MR) is 152 cm³/mol. The van der Waals surface area contributed by atoms with Gasteiger partial charge in [-0.15, -0.1) is 0 Å². The summed E-state index contributed by atoms with van der Waals surface area (Å²) in [6.07, 6.45) is -3.87. The number of methoxy groups -OCH3 is 1. The maximum absolute atomic E-state index is 13.9. The van der Waals surface area contributed by atoms with Gasteiger partial charge in [-0.3, -0.25) is 25.8 Å². The molecule has 13 nitrogen and oxygen atoms in total. The number of hydrazine groups is 1. The summed E-state index contributed by atoms with van der Waals surface area (Å²) in [7, 11) is 1.56. The van der Waals surface area contributed by atoms with E-state index in [-0.39, 0.29) is 11.4 Å². The number of carboxylic acid groups (broad SMARTS) is 1. The molecule has 0 fully saturated rings. The van der Waals surface area contributed by atoms with Crippen molar-refractivity contribution in [1.82, 2.24) is 15.8 Å². The molecule has 0 saturated carbocycles. The third kappa shape index (κ3) is 11.3. The second-order valence-corrected chi connectivity index (χ2v) is 8.64. The van der Waals surface area contributed by atoms with E-state index >= 15 is 0 Å². The first-order chi connectivity index (χ1) is 21.3. The number of pyridine rings is 1. The SMILES string of the molecule is CCOc1cc(C(Nc2ccc(C(=N)N)cc2)C(=O)NNC(=O)c2cccnc2F)ccc1OCCOC.O=C(O)C(F)(F)F. The molecule has 2 amide bonds. The van der Waals surface area contributed by atoms with Gasteiger partial charge in [0, 0.05) is 24.6 Å². The molecule has 1 aromatic heterocycles. The summed E-state index contributed by atoms with van der Waals surface area (Å²) in [5, 5.41) is 17.8. The number of halogens is 4. The lowest BCUT2D eigenvalue weighted by Crippen LogP contribution is -2.45. The van der Waals surface area contributed by atoms with Crippen LogP contribution >= 0.6 is 0 Å². The van der Waals surface area contributed by atoms with E-state index in [1.165, 1.54) is 18.3 Å². The number of aliphatic carboxylic acids is 1. The Balaban J connectivity index is 0.000000900. The van der Waals surface area contributed by atoms with Crippen molar-refractivity contribution in [3.8, 4) is 11.5 Å². The van der Waals surface area contributed by atoms with Gasteiger partial charge in [-0.25, -0.2) is 9.78 Å². The number of alkyl halides is 3. The number of aromatic nitrogens is 1. The number of carbonyl (C=O) groups is 3. The maximum atomic E-state index is 13.9. The molecule has 17 heteroatoms. The summed E-state index contributed by atoms with van der Waals surface area (Å²) in [4.78, 5) is 38.0. The van der Waals surface area contributed by atoms with Crippen LogP contribution in [0.2, 0.25) is 0 Å². The van der Waals surface area contributed by atoms with Crippen molar-refractivity contribution in [3.63, 3.8) is 0 Å². The van der Waals surface area contributed by atoms with E-state index in [1.807, 2.05) is 6.92 Å². The van der Waals surface area contributed by atoms with Gasteiger partial charge >= 0.3 is 12.1 Å². The Morgan fingerprint density at radius 3 is 2.24 bits per heavy atom. The van der Waals surface area contributed by atoms with Gasteiger partial charge < -0.3 is 30.4 Å². The number of amides is 2. The smallest absolute Gasteiger partial charge is 0.490 e. The highest BCUT2D eigenvalue weighted by atomic mass is 19.4. The van der Waals surface area contributed by atoms with Crippen LogP contribution in [0.5, 0.6) is 11.5 Å². The van der Waals surface area contributed by atoms with Gasteiger partial charge in [0.1, 0.15) is 18.5 Å². The van der Waals surface area contributed by atoms with Crippen LogP contribution in [0.25, 0.3) is 0 Å². The first kappa shape index (κ1) is 35.7. The van der Waals surface area contributed by atoms with Crippen molar-refractivity contribution < 1.29 is 51.3 Å². The van der Waals surface area contributed by atoms with Crippen LogP contribution in [0.3, 0.4) is 0 Å². The first-order valence-corrected chi connectivity index (χ1v) is 12.9. The predicted octanol–water partition coefficient (Wildman–Crippen LogP) is 3.18. The summed E-state index contributed by atoms with van der Waals surface area (Å²) in [6.45, 7) is 2.86. The van der Waals surface area contributed by atoms with E-state index in [0.29, 0.717) is 48.1 Å².